The average Bonchev–Trinajstić information content (AvgIpc) is 1.37. The quantitative estimate of drug-likeness (QED) is 0.355. The molecule has 24 valence electrons. The zero-order valence-corrected chi connectivity index (χ0v) is 2.56. The van der Waals surface area contributed by atoms with Gasteiger partial charge in [-0.2, -0.15) is 6.26 Å². The number of hydrogen-bond acceptors (Lipinski definition) is 1. The van der Waals surface area contributed by atoms with Crippen LogP contribution in [0.3, 0.4) is 0 Å². The summed E-state index contributed by atoms with van der Waals surface area (Å²) in [6, 6.07) is 0. The van der Waals surface area contributed by atoms with Crippen LogP contribution in [0.25, 0.3) is 0 Å². The Hall–Kier alpha value is -0.460. The molecule has 4 heavy (non-hydrogen) atoms. The van der Waals surface area contributed by atoms with E-state index in [9.17, 15) is 0 Å². The second-order valence-electron chi connectivity index (χ2n) is 0.469. The molecule has 0 saturated carbocycles. The smallest absolute Gasteiger partial charge is 0.0479 e. The lowest BCUT2D eigenvalue weighted by Crippen LogP contribution is -1.81. The van der Waals surface area contributed by atoms with Gasteiger partial charge in [0.2, 0.25) is 0 Å². The minimum absolute atomic E-state index is 0.750. The Bertz CT molecular complexity index is 18.5. The van der Waals surface area contributed by atoms with E-state index in [1.54, 1.807) is 6.92 Å². The normalized spacial score (nSPS) is 9.25. The first-order valence-electron chi connectivity index (χ1n) is 1.15. The van der Waals surface area contributed by atoms with Crippen molar-refractivity contribution in [3.63, 3.8) is 0 Å². The third-order valence-electron chi connectivity index (χ3n) is 0.136. The molecule has 0 radical (unpaired) electrons. The summed E-state index contributed by atoms with van der Waals surface area (Å²) in [4.78, 5) is 0. The number of hydrogen-bond donors (Lipinski definition) is 0. The highest BCUT2D eigenvalue weighted by atomic mass is 16.2. The highest BCUT2D eigenvalue weighted by molar-refractivity contribution is 4.58. The molecule has 0 aliphatic carbocycles. The van der Waals surface area contributed by atoms with Crippen molar-refractivity contribution < 1.29 is 5.11 Å². The fraction of sp³-hybridized carbons (Fsp3) is 0.333. The van der Waals surface area contributed by atoms with Crippen molar-refractivity contribution in [2.75, 3.05) is 0 Å². The Morgan fingerprint density at radius 1 is 1.75 bits per heavy atom. The van der Waals surface area contributed by atoms with E-state index in [2.05, 4.69) is 0 Å². The van der Waals surface area contributed by atoms with Crippen LogP contribution in [0.4, 0.5) is 0 Å². The molecule has 0 amide bonds. The second kappa shape index (κ2) is 2.54. The van der Waals surface area contributed by atoms with Crippen molar-refractivity contribution in [1.82, 2.24) is 0 Å². The number of rotatable bonds is 0. The van der Waals surface area contributed by atoms with Gasteiger partial charge in [-0.1, -0.05) is 0 Å². The van der Waals surface area contributed by atoms with E-state index in [0.717, 1.165) is 6.26 Å². The van der Waals surface area contributed by atoms with Crippen LogP contribution >= 0.6 is 0 Å². The summed E-state index contributed by atoms with van der Waals surface area (Å²) >= 11 is 0. The van der Waals surface area contributed by atoms with E-state index in [1.165, 1.54) is 6.08 Å². The molecule has 0 aromatic heterocycles. The van der Waals surface area contributed by atoms with Gasteiger partial charge in [0.05, 0.1) is 0 Å². The molecule has 0 saturated heterocycles. The fourth-order valence-corrected chi connectivity index (χ4v) is 0. The molecule has 0 aliphatic rings. The van der Waals surface area contributed by atoms with Gasteiger partial charge in [-0.25, -0.2) is 0 Å². The molecule has 0 aromatic carbocycles. The lowest BCUT2D eigenvalue weighted by molar-refractivity contribution is -0.275. The van der Waals surface area contributed by atoms with E-state index in [-0.39, 0.29) is 0 Å². The second-order valence-corrected chi connectivity index (χ2v) is 0.469. The van der Waals surface area contributed by atoms with Gasteiger partial charge in [-0.05, 0) is 6.92 Å². The molecule has 0 spiro atoms. The van der Waals surface area contributed by atoms with Crippen molar-refractivity contribution >= 4 is 0 Å². The van der Waals surface area contributed by atoms with Crippen LogP contribution in [0.1, 0.15) is 6.92 Å². The molecule has 0 atom stereocenters. The predicted octanol–water partition coefficient (Wildman–Crippen LogP) is -0.120. The minimum Gasteiger partial charge on any atom is -0.878 e. The maximum atomic E-state index is 9.12. The summed E-state index contributed by atoms with van der Waals surface area (Å²) in [5, 5.41) is 9.12. The van der Waals surface area contributed by atoms with Gasteiger partial charge in [0.25, 0.3) is 0 Å². The van der Waals surface area contributed by atoms with E-state index in [1.807, 2.05) is 0 Å². The summed E-state index contributed by atoms with van der Waals surface area (Å²) in [7, 11) is 0. The lowest BCUT2D eigenvalue weighted by atomic mass is 10.8. The SMILES string of the molecule is C/C=C/[O-]. The van der Waals surface area contributed by atoms with Gasteiger partial charge in [0.15, 0.2) is 0 Å². The summed E-state index contributed by atoms with van der Waals surface area (Å²) in [5.41, 5.74) is 0. The van der Waals surface area contributed by atoms with Crippen LogP contribution in [0, 0.1) is 0 Å². The van der Waals surface area contributed by atoms with Crippen LogP contribution in [-0.4, -0.2) is 0 Å². The topological polar surface area (TPSA) is 23.1 Å². The first kappa shape index (κ1) is 3.54. The molecular weight excluding hydrogens is 52.0 g/mol. The van der Waals surface area contributed by atoms with Crippen LogP contribution < -0.4 is 5.11 Å². The van der Waals surface area contributed by atoms with Crippen LogP contribution in [0.5, 0.6) is 0 Å². The van der Waals surface area contributed by atoms with Crippen molar-refractivity contribution in [3.05, 3.63) is 12.3 Å². The zero-order chi connectivity index (χ0) is 3.41. The maximum absolute atomic E-state index is 9.12. The Morgan fingerprint density at radius 3 is 2.00 bits per heavy atom. The van der Waals surface area contributed by atoms with E-state index < -0.39 is 0 Å². The van der Waals surface area contributed by atoms with Crippen molar-refractivity contribution in [2.45, 2.75) is 6.92 Å². The molecule has 0 rings (SSSR count). The van der Waals surface area contributed by atoms with Crippen molar-refractivity contribution in [2.24, 2.45) is 0 Å². The third kappa shape index (κ3) is 1.54. The Balaban J connectivity index is 2.55. The van der Waals surface area contributed by atoms with E-state index >= 15 is 0 Å². The van der Waals surface area contributed by atoms with Gasteiger partial charge < -0.3 is 5.11 Å². The molecule has 1 nitrogen and oxygen atoms in total. The molecule has 0 unspecified atom stereocenters. The molecule has 0 aromatic rings. The largest absolute Gasteiger partial charge is 0.878 e. The average molecular weight is 57.1 g/mol. The monoisotopic (exact) mass is 57.0 g/mol. The minimum atomic E-state index is 0.750. The molecule has 0 fully saturated rings. The van der Waals surface area contributed by atoms with E-state index in [0.29, 0.717) is 0 Å². The van der Waals surface area contributed by atoms with Gasteiger partial charge in [-0.15, -0.1) is 6.08 Å². The highest BCUT2D eigenvalue weighted by Gasteiger charge is 1.23. The molecule has 0 bridgehead atoms. The molecular formula is C3H5O-. The van der Waals surface area contributed by atoms with Crippen molar-refractivity contribution in [1.29, 1.82) is 0 Å². The first-order valence-corrected chi connectivity index (χ1v) is 1.15. The fourth-order valence-electron chi connectivity index (χ4n) is 0. The molecule has 0 aliphatic heterocycles. The summed E-state index contributed by atoms with van der Waals surface area (Å²) in [6.07, 6.45) is 2.19. The molecule has 0 N–H and O–H groups in total. The molecule has 1 heteroatoms. The Morgan fingerprint density at radius 2 is 2.00 bits per heavy atom. The van der Waals surface area contributed by atoms with Gasteiger partial charge >= 0.3 is 0 Å². The predicted molar refractivity (Wildman–Crippen MR) is 14.8 cm³/mol. The first-order chi connectivity index (χ1) is 1.91. The lowest BCUT2D eigenvalue weighted by Gasteiger charge is -1.76. The van der Waals surface area contributed by atoms with Gasteiger partial charge in [-0.3, -0.25) is 0 Å². The van der Waals surface area contributed by atoms with Crippen LogP contribution in [0.2, 0.25) is 0 Å². The number of allylic oxidation sites excluding steroid dienone is 1. The van der Waals surface area contributed by atoms with E-state index in [4.69, 9.17) is 5.11 Å². The van der Waals surface area contributed by atoms with Crippen LogP contribution in [0.15, 0.2) is 12.3 Å². The zero-order valence-electron chi connectivity index (χ0n) is 2.56. The van der Waals surface area contributed by atoms with Gasteiger partial charge in [0.1, 0.15) is 0 Å². The van der Waals surface area contributed by atoms with Gasteiger partial charge in [0, 0.05) is 0 Å². The Labute approximate surface area is 25.6 Å². The standard InChI is InChI=1S/C3H6O/c1-2-3-4/h2-4H,1H3/p-1/b3-2+. The highest BCUT2D eigenvalue weighted by Crippen LogP contribution is 1.46. The summed E-state index contributed by atoms with van der Waals surface area (Å²) in [6.45, 7) is 1.69. The maximum Gasteiger partial charge on any atom is -0.0479 e. The molecule has 0 heterocycles. The van der Waals surface area contributed by atoms with Crippen molar-refractivity contribution in [3.8, 4) is 0 Å². The Kier molecular flexibility index (Phi) is 2.25. The third-order valence-corrected chi connectivity index (χ3v) is 0.136. The summed E-state index contributed by atoms with van der Waals surface area (Å²) < 4.78 is 0. The van der Waals surface area contributed by atoms with Crippen LogP contribution in [-0.2, 0) is 0 Å². The summed E-state index contributed by atoms with van der Waals surface area (Å²) in [5.74, 6) is 0.